The van der Waals surface area contributed by atoms with Gasteiger partial charge in [0.15, 0.2) is 0 Å². The van der Waals surface area contributed by atoms with Crippen LogP contribution in [-0.2, 0) is 9.53 Å². The average Bonchev–Trinajstić information content (AvgIpc) is 2.08. The Balaban J connectivity index is 4.88. The molecule has 0 saturated heterocycles. The van der Waals surface area contributed by atoms with Crippen LogP contribution in [0.1, 0.15) is 61.8 Å². The van der Waals surface area contributed by atoms with Gasteiger partial charge in [0, 0.05) is 0 Å². The lowest BCUT2D eigenvalue weighted by molar-refractivity contribution is -0.161. The summed E-state index contributed by atoms with van der Waals surface area (Å²) in [4.78, 5) is 12.3. The van der Waals surface area contributed by atoms with Crippen molar-refractivity contribution < 1.29 is 9.53 Å². The molecule has 0 aliphatic carbocycles. The summed E-state index contributed by atoms with van der Waals surface area (Å²) in [5.74, 6) is 0.415. The summed E-state index contributed by atoms with van der Waals surface area (Å²) in [6, 6.07) is -0.246. The summed E-state index contributed by atoms with van der Waals surface area (Å²) in [5.41, 5.74) is -0.537. The van der Waals surface area contributed by atoms with Crippen molar-refractivity contribution in [1.82, 2.24) is 5.32 Å². The summed E-state index contributed by atoms with van der Waals surface area (Å²) in [6.45, 7) is 17.1. The molecule has 0 spiro atoms. The molecule has 0 saturated carbocycles. The Hall–Kier alpha value is -0.570. The number of esters is 1. The smallest absolute Gasteiger partial charge is 0.324 e. The number of hydrogen-bond acceptors (Lipinski definition) is 3. The largest absolute Gasteiger partial charge is 0.459 e. The van der Waals surface area contributed by atoms with Gasteiger partial charge in [0.25, 0.3) is 0 Å². The average molecular weight is 257 g/mol. The minimum absolute atomic E-state index is 0.105. The molecule has 1 N–H and O–H groups in total. The van der Waals surface area contributed by atoms with Crippen LogP contribution in [0.15, 0.2) is 0 Å². The van der Waals surface area contributed by atoms with Crippen LogP contribution in [0.2, 0.25) is 0 Å². The molecule has 0 amide bonds. The molecular weight excluding hydrogens is 226 g/mol. The molecule has 0 aliphatic heterocycles. The van der Waals surface area contributed by atoms with E-state index >= 15 is 0 Å². The maximum Gasteiger partial charge on any atom is 0.324 e. The Morgan fingerprint density at radius 1 is 1.17 bits per heavy atom. The first-order valence-electron chi connectivity index (χ1n) is 6.96. The Bertz CT molecular complexity index is 264. The molecule has 0 fully saturated rings. The lowest BCUT2D eigenvalue weighted by Gasteiger charge is -2.36. The predicted molar refractivity (Wildman–Crippen MR) is 76.5 cm³/mol. The third-order valence-electron chi connectivity index (χ3n) is 2.77. The van der Waals surface area contributed by atoms with Gasteiger partial charge in [-0.3, -0.25) is 4.79 Å². The molecule has 18 heavy (non-hydrogen) atoms. The van der Waals surface area contributed by atoms with Crippen molar-refractivity contribution in [2.75, 3.05) is 6.54 Å². The Labute approximate surface area is 113 Å². The molecule has 0 aromatic rings. The van der Waals surface area contributed by atoms with Crippen molar-refractivity contribution in [1.29, 1.82) is 0 Å². The summed E-state index contributed by atoms with van der Waals surface area (Å²) in [5, 5.41) is 3.28. The highest BCUT2D eigenvalue weighted by molar-refractivity contribution is 5.77. The SMILES string of the molecule is CCNC(C(=O)OC(C)(C)C)C(C)(C)CC(C)C. The van der Waals surface area contributed by atoms with E-state index in [9.17, 15) is 4.79 Å². The highest BCUT2D eigenvalue weighted by Gasteiger charge is 2.37. The van der Waals surface area contributed by atoms with Crippen LogP contribution in [0.5, 0.6) is 0 Å². The lowest BCUT2D eigenvalue weighted by Crippen LogP contribution is -2.50. The van der Waals surface area contributed by atoms with Gasteiger partial charge in [-0.1, -0.05) is 34.6 Å². The van der Waals surface area contributed by atoms with Gasteiger partial charge in [0.05, 0.1) is 0 Å². The molecule has 0 rings (SSSR count). The van der Waals surface area contributed by atoms with Gasteiger partial charge < -0.3 is 10.1 Å². The van der Waals surface area contributed by atoms with Gasteiger partial charge in [-0.05, 0) is 45.1 Å². The standard InChI is InChI=1S/C15H31NO2/c1-9-16-12(13(17)18-14(4,5)6)15(7,8)10-11(2)3/h11-12,16H,9-10H2,1-8H3. The first-order valence-corrected chi connectivity index (χ1v) is 6.96. The lowest BCUT2D eigenvalue weighted by atomic mass is 9.77. The van der Waals surface area contributed by atoms with Gasteiger partial charge in [-0.2, -0.15) is 0 Å². The Morgan fingerprint density at radius 2 is 1.67 bits per heavy atom. The molecule has 3 heteroatoms. The van der Waals surface area contributed by atoms with Crippen LogP contribution in [0.25, 0.3) is 0 Å². The molecule has 0 radical (unpaired) electrons. The second kappa shape index (κ2) is 6.55. The summed E-state index contributed by atoms with van der Waals surface area (Å²) in [7, 11) is 0. The molecule has 0 heterocycles. The maximum absolute atomic E-state index is 12.3. The predicted octanol–water partition coefficient (Wildman–Crippen LogP) is 3.38. The van der Waals surface area contributed by atoms with Crippen LogP contribution >= 0.6 is 0 Å². The number of carbonyl (C=O) groups is 1. The van der Waals surface area contributed by atoms with Gasteiger partial charge in [0.1, 0.15) is 11.6 Å². The van der Waals surface area contributed by atoms with Crippen molar-refractivity contribution in [3.05, 3.63) is 0 Å². The second-order valence-electron chi connectivity index (χ2n) is 7.11. The summed E-state index contributed by atoms with van der Waals surface area (Å²) < 4.78 is 5.52. The van der Waals surface area contributed by atoms with Crippen LogP contribution in [0.4, 0.5) is 0 Å². The quantitative estimate of drug-likeness (QED) is 0.741. The molecule has 0 bridgehead atoms. The van der Waals surface area contributed by atoms with E-state index in [1.54, 1.807) is 0 Å². The molecular formula is C15H31NO2. The monoisotopic (exact) mass is 257 g/mol. The van der Waals surface area contributed by atoms with Crippen molar-refractivity contribution in [2.45, 2.75) is 73.5 Å². The zero-order valence-electron chi connectivity index (χ0n) is 13.4. The topological polar surface area (TPSA) is 38.3 Å². The number of nitrogens with one attached hydrogen (secondary N) is 1. The Morgan fingerprint density at radius 3 is 2.00 bits per heavy atom. The molecule has 0 aromatic heterocycles. The minimum Gasteiger partial charge on any atom is -0.459 e. The summed E-state index contributed by atoms with van der Waals surface area (Å²) in [6.07, 6.45) is 0.990. The second-order valence-corrected chi connectivity index (χ2v) is 7.11. The van der Waals surface area contributed by atoms with E-state index in [0.717, 1.165) is 13.0 Å². The van der Waals surface area contributed by atoms with Gasteiger partial charge in [0.2, 0.25) is 0 Å². The van der Waals surface area contributed by atoms with E-state index in [0.29, 0.717) is 5.92 Å². The van der Waals surface area contributed by atoms with Crippen molar-refractivity contribution in [3.63, 3.8) is 0 Å². The van der Waals surface area contributed by atoms with Crippen molar-refractivity contribution in [2.24, 2.45) is 11.3 Å². The van der Waals surface area contributed by atoms with Crippen LogP contribution in [0.3, 0.4) is 0 Å². The number of likely N-dealkylation sites (N-methyl/N-ethyl adjacent to an activating group) is 1. The van der Waals surface area contributed by atoms with Crippen LogP contribution in [-0.4, -0.2) is 24.2 Å². The molecule has 1 unspecified atom stereocenters. The molecule has 1 atom stereocenters. The fourth-order valence-electron chi connectivity index (χ4n) is 2.41. The molecule has 3 nitrogen and oxygen atoms in total. The minimum atomic E-state index is -0.432. The van der Waals surface area contributed by atoms with E-state index in [1.807, 2.05) is 27.7 Å². The van der Waals surface area contributed by atoms with E-state index < -0.39 is 5.60 Å². The first-order chi connectivity index (χ1) is 7.99. The Kier molecular flexibility index (Phi) is 6.35. The normalized spacial score (nSPS) is 14.7. The zero-order chi connectivity index (χ0) is 14.6. The van der Waals surface area contributed by atoms with Gasteiger partial charge >= 0.3 is 5.97 Å². The van der Waals surface area contributed by atoms with Gasteiger partial charge in [-0.15, -0.1) is 0 Å². The van der Waals surface area contributed by atoms with E-state index in [-0.39, 0.29) is 17.4 Å². The fourth-order valence-corrected chi connectivity index (χ4v) is 2.41. The van der Waals surface area contributed by atoms with Crippen molar-refractivity contribution in [3.8, 4) is 0 Å². The molecule has 0 aromatic carbocycles. The number of ether oxygens (including phenoxy) is 1. The van der Waals surface area contributed by atoms with Crippen LogP contribution in [0, 0.1) is 11.3 Å². The van der Waals surface area contributed by atoms with Crippen LogP contribution < -0.4 is 5.32 Å². The fraction of sp³-hybridized carbons (Fsp3) is 0.933. The molecule has 108 valence electrons. The zero-order valence-corrected chi connectivity index (χ0v) is 13.4. The van der Waals surface area contributed by atoms with Crippen molar-refractivity contribution >= 4 is 5.97 Å². The summed E-state index contributed by atoms with van der Waals surface area (Å²) >= 11 is 0. The third kappa shape index (κ3) is 6.39. The third-order valence-corrected chi connectivity index (χ3v) is 2.77. The van der Waals surface area contributed by atoms with Gasteiger partial charge in [-0.25, -0.2) is 0 Å². The number of hydrogen-bond donors (Lipinski definition) is 1. The number of rotatable bonds is 6. The highest BCUT2D eigenvalue weighted by atomic mass is 16.6. The van der Waals surface area contributed by atoms with E-state index in [2.05, 4.69) is 33.0 Å². The number of carbonyl (C=O) groups excluding carboxylic acids is 1. The maximum atomic E-state index is 12.3. The van der Waals surface area contributed by atoms with E-state index in [4.69, 9.17) is 4.74 Å². The highest BCUT2D eigenvalue weighted by Crippen LogP contribution is 2.30. The van der Waals surface area contributed by atoms with E-state index in [1.165, 1.54) is 0 Å². The molecule has 0 aliphatic rings. The first kappa shape index (κ1) is 17.4.